The van der Waals surface area contributed by atoms with Gasteiger partial charge in [0.1, 0.15) is 0 Å². The fraction of sp³-hybridized carbons (Fsp3) is 0.650. The van der Waals surface area contributed by atoms with Crippen molar-refractivity contribution < 1.29 is 0 Å². The van der Waals surface area contributed by atoms with Gasteiger partial charge in [-0.05, 0) is 44.3 Å². The zero-order valence-electron chi connectivity index (χ0n) is 16.1. The van der Waals surface area contributed by atoms with Gasteiger partial charge in [-0.3, -0.25) is 0 Å². The van der Waals surface area contributed by atoms with Crippen LogP contribution in [0, 0.1) is 0 Å². The smallest absolute Gasteiger partial charge is 0.00976 e. The average Bonchev–Trinajstić information content (AvgIpc) is 2.31. The van der Waals surface area contributed by atoms with Crippen molar-refractivity contribution in [1.82, 2.24) is 0 Å². The van der Waals surface area contributed by atoms with Gasteiger partial charge in [0.2, 0.25) is 0 Å². The highest BCUT2D eigenvalue weighted by Gasteiger charge is 2.28. The zero-order chi connectivity index (χ0) is 17.3. The third-order valence-corrected chi connectivity index (χ3v) is 5.88. The molecule has 1 aromatic carbocycles. The molecule has 0 aliphatic heterocycles. The molecule has 0 aromatic heterocycles. The number of hydrogen-bond acceptors (Lipinski definition) is 1. The minimum Gasteiger partial charge on any atom is -0.133 e. The molecular weight excluding hydrogens is 303 g/mol. The van der Waals surface area contributed by atoms with E-state index in [1.165, 1.54) is 30.2 Å². The lowest BCUT2D eigenvalue weighted by Gasteiger charge is -2.32. The van der Waals surface area contributed by atoms with Crippen LogP contribution in [-0.2, 0) is 16.2 Å². The first-order chi connectivity index (χ1) is 9.78. The van der Waals surface area contributed by atoms with Gasteiger partial charge in [-0.1, -0.05) is 82.7 Å². The average molecular weight is 337 g/mol. The van der Waals surface area contributed by atoms with E-state index in [9.17, 15) is 0 Å². The van der Waals surface area contributed by atoms with Crippen LogP contribution in [0.25, 0.3) is 0 Å². The lowest BCUT2D eigenvalue weighted by molar-refractivity contribution is 0.554. The van der Waals surface area contributed by atoms with Crippen LogP contribution < -0.4 is 5.30 Å². The van der Waals surface area contributed by atoms with Crippen LogP contribution in [0.15, 0.2) is 12.1 Å². The molecule has 0 heterocycles. The Hall–Kier alpha value is -0.260. The van der Waals surface area contributed by atoms with E-state index in [-0.39, 0.29) is 16.2 Å². The number of thioether (sulfide) groups is 1. The maximum Gasteiger partial charge on any atom is 0.00976 e. The predicted molar refractivity (Wildman–Crippen MR) is 109 cm³/mol. The summed E-state index contributed by atoms with van der Waals surface area (Å²) in [6.07, 6.45) is 2.14. The number of hydrogen-bond donors (Lipinski definition) is 0. The zero-order valence-corrected chi connectivity index (χ0v) is 17.8. The summed E-state index contributed by atoms with van der Waals surface area (Å²) < 4.78 is 0. The minimum absolute atomic E-state index is 0.163. The Bertz CT molecular complexity index is 514. The van der Waals surface area contributed by atoms with Crippen molar-refractivity contribution in [2.75, 3.05) is 6.26 Å². The molecule has 0 nitrogen and oxygen atoms in total. The molecule has 0 saturated heterocycles. The molecule has 0 saturated carbocycles. The lowest BCUT2D eigenvalue weighted by Crippen LogP contribution is -2.29. The lowest BCUT2D eigenvalue weighted by atomic mass is 9.75. The van der Waals surface area contributed by atoms with Crippen molar-refractivity contribution in [2.45, 2.75) is 78.6 Å². The van der Waals surface area contributed by atoms with Gasteiger partial charge >= 0.3 is 0 Å². The summed E-state index contributed by atoms with van der Waals surface area (Å²) in [7, 11) is 1.33. The highest BCUT2D eigenvalue weighted by atomic mass is 32.2. The minimum atomic E-state index is 0.163. The summed E-state index contributed by atoms with van der Waals surface area (Å²) in [6.45, 7) is 20.9. The Kier molecular flexibility index (Phi) is 6.02. The molecule has 0 unspecified atom stereocenters. The summed E-state index contributed by atoms with van der Waals surface area (Å²) >= 11 is 1.81. The van der Waals surface area contributed by atoms with E-state index in [1.54, 1.807) is 0 Å². The summed E-state index contributed by atoms with van der Waals surface area (Å²) in [4.78, 5) is 0. The van der Waals surface area contributed by atoms with E-state index in [0.717, 1.165) is 0 Å². The van der Waals surface area contributed by atoms with Crippen LogP contribution in [-0.4, -0.2) is 11.4 Å². The molecule has 22 heavy (non-hydrogen) atoms. The molecule has 0 aliphatic rings. The quantitative estimate of drug-likeness (QED) is 0.573. The first kappa shape index (κ1) is 19.8. The molecule has 0 amide bonds. The molecule has 0 N–H and O–H groups in total. The molecule has 1 aromatic rings. The standard InChI is InChI=1S/C20H33PS/c1-18(2,3)14-11-15(19(4,5)6)17(21-13-22-10)16(12-14)20(7,8)9/h11-13H,1-10H3. The van der Waals surface area contributed by atoms with Gasteiger partial charge in [0, 0.05) is 5.30 Å². The monoisotopic (exact) mass is 336 g/mol. The van der Waals surface area contributed by atoms with Crippen molar-refractivity contribution in [2.24, 2.45) is 0 Å². The Balaban J connectivity index is 3.82. The van der Waals surface area contributed by atoms with Crippen LogP contribution in [0.1, 0.15) is 79.0 Å². The summed E-state index contributed by atoms with van der Waals surface area (Å²) in [5, 5.41) is 3.80. The van der Waals surface area contributed by atoms with E-state index in [1.807, 2.05) is 11.8 Å². The van der Waals surface area contributed by atoms with E-state index in [0.29, 0.717) is 0 Å². The van der Waals surface area contributed by atoms with Crippen LogP contribution in [0.2, 0.25) is 0 Å². The largest absolute Gasteiger partial charge is 0.133 e. The van der Waals surface area contributed by atoms with E-state index >= 15 is 0 Å². The number of benzene rings is 1. The van der Waals surface area contributed by atoms with Gasteiger partial charge < -0.3 is 0 Å². The molecule has 2 heteroatoms. The third-order valence-electron chi connectivity index (χ3n) is 3.88. The second kappa shape index (κ2) is 6.70. The van der Waals surface area contributed by atoms with E-state index < -0.39 is 0 Å². The first-order valence-electron chi connectivity index (χ1n) is 8.03. The predicted octanol–water partition coefficient (Wildman–Crippen LogP) is 6.27. The van der Waals surface area contributed by atoms with Gasteiger partial charge in [0.05, 0.1) is 0 Å². The van der Waals surface area contributed by atoms with Gasteiger partial charge in [0.25, 0.3) is 0 Å². The molecule has 0 atom stereocenters. The number of rotatable bonds is 2. The summed E-state index contributed by atoms with van der Waals surface area (Å²) in [6, 6.07) is 4.90. The normalized spacial score (nSPS) is 13.9. The highest BCUT2D eigenvalue weighted by Crippen LogP contribution is 2.35. The Morgan fingerprint density at radius 2 is 1.18 bits per heavy atom. The Labute approximate surface area is 144 Å². The van der Waals surface area contributed by atoms with Crippen LogP contribution in [0.3, 0.4) is 0 Å². The summed E-state index contributed by atoms with van der Waals surface area (Å²) in [5.74, 6) is 0. The highest BCUT2D eigenvalue weighted by molar-refractivity contribution is 8.16. The maximum absolute atomic E-state index is 2.45. The van der Waals surface area contributed by atoms with Gasteiger partial charge in [-0.25, -0.2) is 0 Å². The van der Waals surface area contributed by atoms with Gasteiger partial charge in [-0.2, -0.15) is 0 Å². The van der Waals surface area contributed by atoms with Crippen molar-refractivity contribution in [3.8, 4) is 0 Å². The topological polar surface area (TPSA) is 0 Å². The van der Waals surface area contributed by atoms with Crippen LogP contribution in [0.5, 0.6) is 0 Å². The molecule has 0 aliphatic carbocycles. The van der Waals surface area contributed by atoms with Crippen molar-refractivity contribution in [3.05, 3.63) is 28.8 Å². The fourth-order valence-corrected chi connectivity index (χ4v) is 4.38. The summed E-state index contributed by atoms with van der Waals surface area (Å²) in [5.41, 5.74) is 4.95. The van der Waals surface area contributed by atoms with Crippen molar-refractivity contribution in [3.63, 3.8) is 0 Å². The molecule has 0 spiro atoms. The van der Waals surface area contributed by atoms with Crippen LogP contribution >= 0.6 is 20.0 Å². The molecule has 0 fully saturated rings. The molecule has 0 bridgehead atoms. The SMILES string of the molecule is CSC=Pc1c(C(C)(C)C)cc(C(C)(C)C)cc1C(C)(C)C. The van der Waals surface area contributed by atoms with Crippen molar-refractivity contribution >= 4 is 30.4 Å². The fourth-order valence-electron chi connectivity index (χ4n) is 2.46. The van der Waals surface area contributed by atoms with Gasteiger partial charge in [-0.15, -0.1) is 11.8 Å². The van der Waals surface area contributed by atoms with Crippen LogP contribution in [0.4, 0.5) is 0 Å². The second-order valence-corrected chi connectivity index (χ2v) is 11.2. The second-order valence-electron chi connectivity index (χ2n) is 9.14. The maximum atomic E-state index is 2.45. The molecule has 124 valence electrons. The third kappa shape index (κ3) is 4.87. The van der Waals surface area contributed by atoms with E-state index in [4.69, 9.17) is 0 Å². The molecular formula is C20H33PS. The Morgan fingerprint density at radius 3 is 1.45 bits per heavy atom. The van der Waals surface area contributed by atoms with E-state index in [2.05, 4.69) is 85.8 Å². The van der Waals surface area contributed by atoms with Gasteiger partial charge in [0.15, 0.2) is 0 Å². The van der Waals surface area contributed by atoms with Crippen molar-refractivity contribution in [1.29, 1.82) is 0 Å². The first-order valence-corrected chi connectivity index (χ1v) is 10.3. The molecule has 0 radical (unpaired) electrons. The molecule has 1 rings (SSSR count). The Morgan fingerprint density at radius 1 is 0.773 bits per heavy atom.